The number of aromatic nitrogens is 2. The van der Waals surface area contributed by atoms with Crippen LogP contribution in [0.25, 0.3) is 0 Å². The monoisotopic (exact) mass is 2030 g/mol. The van der Waals surface area contributed by atoms with Crippen LogP contribution in [0.1, 0.15) is 427 Å². The van der Waals surface area contributed by atoms with E-state index >= 15 is 0 Å². The quantitative estimate of drug-likeness (QED) is 0.101. The Labute approximate surface area is 832 Å². The molecule has 0 aliphatic carbocycles. The molecule has 2 heterocycles. The highest BCUT2D eigenvalue weighted by Gasteiger charge is 2.35. The van der Waals surface area contributed by atoms with Gasteiger partial charge in [0.05, 0.1) is 23.8 Å². The third-order valence-corrected chi connectivity index (χ3v) is 17.0. The van der Waals surface area contributed by atoms with Gasteiger partial charge in [0.15, 0.2) is 0 Å². The van der Waals surface area contributed by atoms with Crippen LogP contribution < -0.4 is 4.74 Å². The van der Waals surface area contributed by atoms with Crippen molar-refractivity contribution in [3.05, 3.63) is 296 Å². The highest BCUT2D eigenvalue weighted by molar-refractivity contribution is 6.34. The number of ether oxygens (including phenoxy) is 1. The molecule has 0 N–H and O–H groups in total. The average Bonchev–Trinajstić information content (AvgIpc) is 0.831. The second-order valence-electron chi connectivity index (χ2n) is 33.2. The molecule has 0 aliphatic heterocycles. The van der Waals surface area contributed by atoms with Gasteiger partial charge in [-0.2, -0.15) is 39.5 Å². The van der Waals surface area contributed by atoms with Crippen molar-refractivity contribution >= 4 is 69.6 Å². The number of methoxy groups -OCH3 is 1. The molecule has 7 aromatic carbocycles. The third-order valence-electron chi connectivity index (χ3n) is 15.2. The SMILES string of the molecule is CC(C)c1cc(C(F)(F)F)ccc1Cl.CC(C)c1cc(C(F)(F)F)ccc1F.CC(C)c1cc(Cl)ccc1Cl.CC(C)c1cc(Cl)ccc1F.CC(C)c1cc(F)ccc1Cl.CC(C)c1cc(F)ccc1F.CC(C)c1ccc(Cl)nc1.CC(C)c1ccc(F)c(C(F)(F)F)c1.CCC.CCC.CCC.CCC.CCC.CCC.CCC.CCC.CCC.COc1ccc(C(C)C)cn1. The van der Waals surface area contributed by atoms with Gasteiger partial charge < -0.3 is 4.74 Å². The van der Waals surface area contributed by atoms with Gasteiger partial charge in [-0.1, -0.05) is 395 Å². The summed E-state index contributed by atoms with van der Waals surface area (Å²) in [5.74, 6) is -0.556. The van der Waals surface area contributed by atoms with Crippen molar-refractivity contribution in [2.75, 3.05) is 7.11 Å². The van der Waals surface area contributed by atoms with Gasteiger partial charge in [0.1, 0.15) is 40.1 Å². The standard InChI is InChI=1S/C10H10ClF3.2C10H10F4.C9H10Cl2.2C9H10ClF.C9H10F2.C9H13NO.C8H10ClN.9C3H8/c2*1-6(2)8-5-7(10(12,13)14)3-4-9(8)11;1-6(2)7-3-4-9(11)8(5-7)10(12,13)14;1-6(2)8-5-7(10)3-4-9(8)11;1-6(2)8-5-7(11)3-4-9(8)10;2*1-6(2)8-5-7(10)3-4-9(8)11;1-7(2)8-4-5-9(11-3)10-6-8;1-6(2)7-3-4-8(9)10-5-7;9*1-3-2/h3*3-6H,1-2H3;4*3-6H,1-2H3;4-7H,1-3H3;3-6H,1-2H3;9*3H2,1-2H3. The molecule has 768 valence electrons. The van der Waals surface area contributed by atoms with E-state index in [4.69, 9.17) is 74.3 Å². The van der Waals surface area contributed by atoms with Gasteiger partial charge in [0.2, 0.25) is 5.88 Å². The molecule has 134 heavy (non-hydrogen) atoms. The lowest BCUT2D eigenvalue weighted by Gasteiger charge is -2.12. The molecule has 0 radical (unpaired) electrons. The van der Waals surface area contributed by atoms with E-state index in [-0.39, 0.29) is 64.3 Å². The number of rotatable bonds is 10. The van der Waals surface area contributed by atoms with Crippen molar-refractivity contribution in [2.45, 2.75) is 379 Å². The maximum atomic E-state index is 13.0. The summed E-state index contributed by atoms with van der Waals surface area (Å²) in [5.41, 5.74) is 4.03. The first-order valence-electron chi connectivity index (χ1n) is 46.6. The minimum Gasteiger partial charge on any atom is -0.481 e. The summed E-state index contributed by atoms with van der Waals surface area (Å²) < 4.78 is 192. The Morgan fingerprint density at radius 1 is 0.254 bits per heavy atom. The van der Waals surface area contributed by atoms with Gasteiger partial charge in [0.25, 0.3) is 0 Å². The van der Waals surface area contributed by atoms with Crippen LogP contribution in [-0.4, -0.2) is 17.1 Å². The maximum absolute atomic E-state index is 13.0. The Morgan fingerprint density at radius 3 is 0.784 bits per heavy atom. The molecule has 3 nitrogen and oxygen atoms in total. The van der Waals surface area contributed by atoms with E-state index in [1.165, 1.54) is 105 Å². The van der Waals surface area contributed by atoms with Gasteiger partial charge >= 0.3 is 18.5 Å². The van der Waals surface area contributed by atoms with Crippen LogP contribution in [0.4, 0.5) is 65.9 Å². The molecule has 9 aromatic rings. The van der Waals surface area contributed by atoms with Crippen molar-refractivity contribution in [3.63, 3.8) is 0 Å². The minimum absolute atomic E-state index is 0.00944. The van der Waals surface area contributed by atoms with E-state index in [0.29, 0.717) is 66.1 Å². The van der Waals surface area contributed by atoms with E-state index in [1.54, 1.807) is 72.9 Å². The Kier molecular flexibility index (Phi) is 92.6. The summed E-state index contributed by atoms with van der Waals surface area (Å²) in [4.78, 5) is 8.06. The highest BCUT2D eigenvalue weighted by Crippen LogP contribution is 2.37. The summed E-state index contributed by atoms with van der Waals surface area (Å²) in [6, 6.07) is 34.8. The van der Waals surface area contributed by atoms with E-state index in [9.17, 15) is 65.9 Å². The Morgan fingerprint density at radius 2 is 0.500 bits per heavy atom. The molecule has 0 amide bonds. The normalized spacial score (nSPS) is 10.1. The molecule has 24 heteroatoms. The Balaban J connectivity index is -0.000000181. The van der Waals surface area contributed by atoms with Gasteiger partial charge in [-0.15, -0.1) is 0 Å². The number of alkyl halides is 9. The fourth-order valence-corrected chi connectivity index (χ4v) is 10.3. The molecular formula is C110H165Cl6F15N2O. The topological polar surface area (TPSA) is 35.0 Å². The van der Waals surface area contributed by atoms with Gasteiger partial charge in [0, 0.05) is 43.6 Å². The number of hydrogen-bond acceptors (Lipinski definition) is 3. The molecule has 0 spiro atoms. The van der Waals surface area contributed by atoms with Crippen LogP contribution in [0.2, 0.25) is 30.3 Å². The molecule has 0 fully saturated rings. The molecule has 0 aliphatic rings. The van der Waals surface area contributed by atoms with Crippen LogP contribution in [0.3, 0.4) is 0 Å². The van der Waals surface area contributed by atoms with E-state index < -0.39 is 46.9 Å². The summed E-state index contributed by atoms with van der Waals surface area (Å²) in [5, 5.41) is 3.72. The van der Waals surface area contributed by atoms with Crippen LogP contribution in [0.5, 0.6) is 5.88 Å². The Hall–Kier alpha value is -6.67. The summed E-state index contributed by atoms with van der Waals surface area (Å²) >= 11 is 34.6. The average molecular weight is 2030 g/mol. The van der Waals surface area contributed by atoms with Crippen LogP contribution in [0.15, 0.2) is 164 Å². The fraction of sp³-hybridized carbons (Fsp3) is 0.527. The lowest BCUT2D eigenvalue weighted by Crippen LogP contribution is -2.09. The van der Waals surface area contributed by atoms with Gasteiger partial charge in [-0.05, 0) is 231 Å². The maximum Gasteiger partial charge on any atom is 0.419 e. The zero-order chi connectivity index (χ0) is 107. The predicted molar refractivity (Wildman–Crippen MR) is 555 cm³/mol. The second kappa shape index (κ2) is 85.5. The summed E-state index contributed by atoms with van der Waals surface area (Å²) in [7, 11) is 1.62. The number of pyridine rings is 2. The summed E-state index contributed by atoms with van der Waals surface area (Å²) in [6.07, 6.45) is 1.59. The summed E-state index contributed by atoms with van der Waals surface area (Å²) in [6.45, 7) is 72.9. The van der Waals surface area contributed by atoms with Crippen molar-refractivity contribution in [1.29, 1.82) is 0 Å². The van der Waals surface area contributed by atoms with Gasteiger partial charge in [-0.25, -0.2) is 36.3 Å². The van der Waals surface area contributed by atoms with Crippen molar-refractivity contribution in [3.8, 4) is 5.88 Å². The second-order valence-corrected chi connectivity index (χ2v) is 35.7. The lowest BCUT2D eigenvalue weighted by atomic mass is 10.00. The molecule has 0 unspecified atom stereocenters. The van der Waals surface area contributed by atoms with Crippen LogP contribution in [-0.2, 0) is 18.5 Å². The largest absolute Gasteiger partial charge is 0.481 e. The number of nitrogens with zero attached hydrogens (tertiary/aromatic N) is 2. The molecule has 9 rings (SSSR count). The number of hydrogen-bond donors (Lipinski definition) is 0. The molecular weight excluding hydrogens is 1860 g/mol. The predicted octanol–water partition coefficient (Wildman–Crippen LogP) is 44.6. The first-order chi connectivity index (χ1) is 62.1. The molecule has 2 aromatic heterocycles. The molecule has 0 bridgehead atoms. The van der Waals surface area contributed by atoms with Crippen molar-refractivity contribution < 1.29 is 70.6 Å². The van der Waals surface area contributed by atoms with Crippen LogP contribution >= 0.6 is 69.6 Å². The number of halogens is 21. The van der Waals surface area contributed by atoms with Crippen molar-refractivity contribution in [1.82, 2.24) is 9.97 Å². The third kappa shape index (κ3) is 75.4. The first-order valence-corrected chi connectivity index (χ1v) is 48.8. The highest BCUT2D eigenvalue weighted by atomic mass is 35.5. The van der Waals surface area contributed by atoms with Gasteiger partial charge in [-0.3, -0.25) is 0 Å². The number of benzene rings is 7. The smallest absolute Gasteiger partial charge is 0.419 e. The molecule has 0 saturated heterocycles. The van der Waals surface area contributed by atoms with E-state index in [1.807, 2.05) is 90.3 Å². The van der Waals surface area contributed by atoms with E-state index in [0.717, 1.165) is 75.8 Å². The van der Waals surface area contributed by atoms with Crippen molar-refractivity contribution in [2.24, 2.45) is 0 Å². The molecule has 0 atom stereocenters. The minimum atomic E-state index is -4.62. The first kappa shape index (κ1) is 145. The fourth-order valence-electron chi connectivity index (χ4n) is 8.86. The molecule has 0 saturated carbocycles. The lowest BCUT2D eigenvalue weighted by molar-refractivity contribution is -0.140. The zero-order valence-electron chi connectivity index (χ0n) is 87.4. The van der Waals surface area contributed by atoms with E-state index in [2.05, 4.69) is 176 Å². The zero-order valence-corrected chi connectivity index (χ0v) is 91.9. The Bertz CT molecular complexity index is 3960. The van der Waals surface area contributed by atoms with Crippen LogP contribution in [0, 0.1) is 34.9 Å².